The van der Waals surface area contributed by atoms with Gasteiger partial charge in [0.15, 0.2) is 0 Å². The van der Waals surface area contributed by atoms with Crippen LogP contribution in [-0.4, -0.2) is 23.1 Å². The molecule has 0 bridgehead atoms. The van der Waals surface area contributed by atoms with Crippen molar-refractivity contribution in [1.82, 2.24) is 9.97 Å². The molecule has 0 spiro atoms. The Morgan fingerprint density at radius 1 is 1.24 bits per heavy atom. The van der Waals surface area contributed by atoms with Crippen molar-refractivity contribution < 1.29 is 0 Å². The fraction of sp³-hybridized carbons (Fsp3) is 0.692. The lowest BCUT2D eigenvalue weighted by Gasteiger charge is -2.18. The molecule has 94 valence electrons. The first-order chi connectivity index (χ1) is 7.90. The molecular formula is C13H22N4. The fourth-order valence-electron chi connectivity index (χ4n) is 1.70. The molecule has 0 aliphatic heterocycles. The molecule has 1 aliphatic carbocycles. The third-order valence-corrected chi connectivity index (χ3v) is 3.10. The van der Waals surface area contributed by atoms with E-state index in [1.54, 1.807) is 0 Å². The number of hydrogen-bond acceptors (Lipinski definition) is 4. The van der Waals surface area contributed by atoms with Crippen molar-refractivity contribution in [2.24, 2.45) is 5.92 Å². The highest BCUT2D eigenvalue weighted by Crippen LogP contribution is 2.33. The summed E-state index contributed by atoms with van der Waals surface area (Å²) in [6, 6.07) is 2.56. The molecule has 0 aromatic carbocycles. The Morgan fingerprint density at radius 3 is 2.29 bits per heavy atom. The van der Waals surface area contributed by atoms with E-state index in [0.717, 1.165) is 23.4 Å². The van der Waals surface area contributed by atoms with Gasteiger partial charge in [0.2, 0.25) is 0 Å². The molecule has 1 fully saturated rings. The zero-order chi connectivity index (χ0) is 12.6. The maximum atomic E-state index is 4.61. The van der Waals surface area contributed by atoms with E-state index in [2.05, 4.69) is 48.3 Å². The molecule has 4 heteroatoms. The number of anilines is 2. The van der Waals surface area contributed by atoms with Crippen molar-refractivity contribution in [1.29, 1.82) is 0 Å². The van der Waals surface area contributed by atoms with E-state index in [9.17, 15) is 0 Å². The molecular weight excluding hydrogens is 212 g/mol. The average Bonchev–Trinajstić information content (AvgIpc) is 2.92. The summed E-state index contributed by atoms with van der Waals surface area (Å²) in [4.78, 5) is 9.11. The van der Waals surface area contributed by atoms with E-state index < -0.39 is 0 Å². The van der Waals surface area contributed by atoms with Gasteiger partial charge in [-0.2, -0.15) is 0 Å². The van der Waals surface area contributed by atoms with Crippen LogP contribution in [0.1, 0.15) is 39.9 Å². The summed E-state index contributed by atoms with van der Waals surface area (Å²) in [6.07, 6.45) is 1.24. The van der Waals surface area contributed by atoms with Crippen LogP contribution in [0.15, 0.2) is 6.07 Å². The molecule has 1 aromatic heterocycles. The largest absolute Gasteiger partial charge is 0.373 e. The molecule has 2 N–H and O–H groups in total. The van der Waals surface area contributed by atoms with Gasteiger partial charge >= 0.3 is 0 Å². The summed E-state index contributed by atoms with van der Waals surface area (Å²) in [5.41, 5.74) is -0.0293. The summed E-state index contributed by atoms with van der Waals surface area (Å²) in [5, 5.41) is 6.56. The van der Waals surface area contributed by atoms with Crippen LogP contribution in [0.5, 0.6) is 0 Å². The minimum absolute atomic E-state index is 0.0293. The van der Waals surface area contributed by atoms with Crippen molar-refractivity contribution in [3.8, 4) is 0 Å². The standard InChI is InChI=1S/C13H22N4/c1-8-6-9(8)15-11-7-10(14-5)16-12(17-11)13(2,3)4/h7-9H,6H2,1-5H3,(H2,14,15,16,17). The van der Waals surface area contributed by atoms with Crippen LogP contribution in [0.4, 0.5) is 11.6 Å². The quantitative estimate of drug-likeness (QED) is 0.844. The molecule has 4 nitrogen and oxygen atoms in total. The molecule has 0 saturated heterocycles. The average molecular weight is 234 g/mol. The van der Waals surface area contributed by atoms with E-state index >= 15 is 0 Å². The van der Waals surface area contributed by atoms with Gasteiger partial charge in [0.1, 0.15) is 17.5 Å². The molecule has 0 amide bonds. The van der Waals surface area contributed by atoms with Crippen LogP contribution in [-0.2, 0) is 5.41 Å². The lowest BCUT2D eigenvalue weighted by molar-refractivity contribution is 0.546. The highest BCUT2D eigenvalue weighted by atomic mass is 15.1. The Hall–Kier alpha value is -1.32. The van der Waals surface area contributed by atoms with E-state index in [1.807, 2.05) is 13.1 Å². The summed E-state index contributed by atoms with van der Waals surface area (Å²) < 4.78 is 0. The molecule has 2 rings (SSSR count). The van der Waals surface area contributed by atoms with Gasteiger partial charge in [0.25, 0.3) is 0 Å². The van der Waals surface area contributed by atoms with Crippen molar-refractivity contribution in [2.75, 3.05) is 17.7 Å². The summed E-state index contributed by atoms with van der Waals surface area (Å²) in [5.74, 6) is 3.45. The number of nitrogens with one attached hydrogen (secondary N) is 2. The molecule has 2 unspecified atom stereocenters. The highest BCUT2D eigenvalue weighted by Gasteiger charge is 2.33. The normalized spacial score (nSPS) is 23.4. The van der Waals surface area contributed by atoms with Gasteiger partial charge in [-0.3, -0.25) is 0 Å². The Kier molecular flexibility index (Phi) is 2.98. The SMILES string of the molecule is CNc1cc(NC2CC2C)nc(C(C)(C)C)n1. The van der Waals surface area contributed by atoms with Gasteiger partial charge in [0.05, 0.1) is 0 Å². The van der Waals surface area contributed by atoms with E-state index in [1.165, 1.54) is 6.42 Å². The fourth-order valence-corrected chi connectivity index (χ4v) is 1.70. The maximum Gasteiger partial charge on any atom is 0.138 e. The topological polar surface area (TPSA) is 49.8 Å². The van der Waals surface area contributed by atoms with Crippen molar-refractivity contribution in [2.45, 2.75) is 45.6 Å². The smallest absolute Gasteiger partial charge is 0.138 e. The van der Waals surface area contributed by atoms with Gasteiger partial charge in [-0.1, -0.05) is 27.7 Å². The molecule has 1 aromatic rings. The van der Waals surface area contributed by atoms with Gasteiger partial charge in [0, 0.05) is 24.6 Å². The van der Waals surface area contributed by atoms with E-state index in [0.29, 0.717) is 6.04 Å². The second-order valence-corrected chi connectivity index (χ2v) is 5.93. The van der Waals surface area contributed by atoms with Crippen molar-refractivity contribution in [3.05, 3.63) is 11.9 Å². The number of hydrogen-bond donors (Lipinski definition) is 2. The summed E-state index contributed by atoms with van der Waals surface area (Å²) in [7, 11) is 1.89. The number of nitrogens with zero attached hydrogens (tertiary/aromatic N) is 2. The Bertz CT molecular complexity index is 408. The Morgan fingerprint density at radius 2 is 1.82 bits per heavy atom. The zero-order valence-corrected chi connectivity index (χ0v) is 11.3. The Labute approximate surface area is 103 Å². The maximum absolute atomic E-state index is 4.61. The zero-order valence-electron chi connectivity index (χ0n) is 11.3. The Balaban J connectivity index is 2.25. The second-order valence-electron chi connectivity index (χ2n) is 5.93. The lowest BCUT2D eigenvalue weighted by atomic mass is 9.96. The van der Waals surface area contributed by atoms with Crippen LogP contribution in [0.25, 0.3) is 0 Å². The first-order valence-corrected chi connectivity index (χ1v) is 6.24. The van der Waals surface area contributed by atoms with Gasteiger partial charge in [-0.25, -0.2) is 9.97 Å². The van der Waals surface area contributed by atoms with E-state index in [-0.39, 0.29) is 5.41 Å². The third-order valence-electron chi connectivity index (χ3n) is 3.10. The first kappa shape index (κ1) is 12.1. The van der Waals surface area contributed by atoms with Crippen LogP contribution >= 0.6 is 0 Å². The predicted octanol–water partition coefficient (Wildman–Crippen LogP) is 2.64. The molecule has 1 heterocycles. The van der Waals surface area contributed by atoms with Crippen molar-refractivity contribution in [3.63, 3.8) is 0 Å². The molecule has 1 aliphatic rings. The van der Waals surface area contributed by atoms with Gasteiger partial charge in [-0.15, -0.1) is 0 Å². The summed E-state index contributed by atoms with van der Waals surface area (Å²) in [6.45, 7) is 8.64. The third kappa shape index (κ3) is 2.87. The molecule has 17 heavy (non-hydrogen) atoms. The highest BCUT2D eigenvalue weighted by molar-refractivity contribution is 5.49. The van der Waals surface area contributed by atoms with Crippen molar-refractivity contribution >= 4 is 11.6 Å². The lowest BCUT2D eigenvalue weighted by Crippen LogP contribution is -2.18. The molecule has 0 radical (unpaired) electrons. The van der Waals surface area contributed by atoms with Crippen LogP contribution in [0.2, 0.25) is 0 Å². The minimum Gasteiger partial charge on any atom is -0.373 e. The summed E-state index contributed by atoms with van der Waals surface area (Å²) >= 11 is 0. The molecule has 2 atom stereocenters. The van der Waals surface area contributed by atoms with Crippen LogP contribution < -0.4 is 10.6 Å². The first-order valence-electron chi connectivity index (χ1n) is 6.24. The monoisotopic (exact) mass is 234 g/mol. The predicted molar refractivity (Wildman–Crippen MR) is 71.5 cm³/mol. The second kappa shape index (κ2) is 4.17. The minimum atomic E-state index is -0.0293. The van der Waals surface area contributed by atoms with E-state index in [4.69, 9.17) is 0 Å². The van der Waals surface area contributed by atoms with Gasteiger partial charge in [-0.05, 0) is 12.3 Å². The van der Waals surface area contributed by atoms with Gasteiger partial charge < -0.3 is 10.6 Å². The number of aromatic nitrogens is 2. The number of rotatable bonds is 3. The van der Waals surface area contributed by atoms with Crippen LogP contribution in [0, 0.1) is 5.92 Å². The molecule has 1 saturated carbocycles. The van der Waals surface area contributed by atoms with Crippen LogP contribution in [0.3, 0.4) is 0 Å².